The van der Waals surface area contributed by atoms with Crippen molar-refractivity contribution in [3.05, 3.63) is 5.82 Å². The van der Waals surface area contributed by atoms with E-state index in [0.29, 0.717) is 6.04 Å². The van der Waals surface area contributed by atoms with E-state index in [1.54, 1.807) is 0 Å². The Morgan fingerprint density at radius 2 is 2.29 bits per heavy atom. The maximum Gasteiger partial charge on any atom is 0.176 e. The summed E-state index contributed by atoms with van der Waals surface area (Å²) >= 11 is 0. The van der Waals surface area contributed by atoms with E-state index >= 15 is 0 Å². The summed E-state index contributed by atoms with van der Waals surface area (Å²) in [5.74, 6) is 2.44. The SMILES string of the molecule is CCNC(Cc1nnn(C)n1)C1CCCC1C. The highest BCUT2D eigenvalue weighted by atomic mass is 15.6. The summed E-state index contributed by atoms with van der Waals surface area (Å²) in [6.07, 6.45) is 4.96. The first-order valence-electron chi connectivity index (χ1n) is 6.67. The van der Waals surface area contributed by atoms with Crippen molar-refractivity contribution < 1.29 is 0 Å². The molecule has 1 aliphatic rings. The molecular formula is C12H23N5. The summed E-state index contributed by atoms with van der Waals surface area (Å²) < 4.78 is 0. The van der Waals surface area contributed by atoms with Crippen LogP contribution in [0.3, 0.4) is 0 Å². The smallest absolute Gasteiger partial charge is 0.176 e. The van der Waals surface area contributed by atoms with Crippen molar-refractivity contribution >= 4 is 0 Å². The van der Waals surface area contributed by atoms with Gasteiger partial charge in [0.2, 0.25) is 0 Å². The van der Waals surface area contributed by atoms with E-state index < -0.39 is 0 Å². The van der Waals surface area contributed by atoms with E-state index in [0.717, 1.165) is 30.6 Å². The first-order valence-corrected chi connectivity index (χ1v) is 6.67. The number of rotatable bonds is 5. The molecule has 1 aliphatic carbocycles. The lowest BCUT2D eigenvalue weighted by Crippen LogP contribution is -2.39. The van der Waals surface area contributed by atoms with Crippen LogP contribution in [-0.2, 0) is 13.5 Å². The maximum atomic E-state index is 4.28. The fourth-order valence-electron chi connectivity index (χ4n) is 3.01. The minimum absolute atomic E-state index is 0.502. The van der Waals surface area contributed by atoms with Gasteiger partial charge < -0.3 is 5.32 Å². The Labute approximate surface area is 103 Å². The molecule has 96 valence electrons. The molecule has 1 aromatic heterocycles. The molecule has 0 aromatic carbocycles. The van der Waals surface area contributed by atoms with E-state index in [1.807, 2.05) is 7.05 Å². The zero-order chi connectivity index (χ0) is 12.3. The molecule has 1 saturated carbocycles. The summed E-state index contributed by atoms with van der Waals surface area (Å²) in [6.45, 7) is 5.54. The number of nitrogens with zero attached hydrogens (tertiary/aromatic N) is 4. The van der Waals surface area contributed by atoms with Crippen LogP contribution in [0, 0.1) is 11.8 Å². The molecule has 1 fully saturated rings. The van der Waals surface area contributed by atoms with E-state index in [1.165, 1.54) is 24.1 Å². The predicted molar refractivity (Wildman–Crippen MR) is 66.5 cm³/mol. The second kappa shape index (κ2) is 5.58. The zero-order valence-electron chi connectivity index (χ0n) is 11.1. The van der Waals surface area contributed by atoms with E-state index in [4.69, 9.17) is 0 Å². The molecule has 0 bridgehead atoms. The Bertz CT molecular complexity index is 348. The zero-order valence-corrected chi connectivity index (χ0v) is 11.1. The summed E-state index contributed by atoms with van der Waals surface area (Å²) in [6, 6.07) is 0.502. The first kappa shape index (κ1) is 12.5. The van der Waals surface area contributed by atoms with Crippen molar-refractivity contribution in [2.45, 2.75) is 45.6 Å². The van der Waals surface area contributed by atoms with Crippen molar-refractivity contribution in [2.24, 2.45) is 18.9 Å². The highest BCUT2D eigenvalue weighted by molar-refractivity contribution is 4.92. The lowest BCUT2D eigenvalue weighted by Gasteiger charge is -2.26. The topological polar surface area (TPSA) is 55.6 Å². The molecule has 3 atom stereocenters. The lowest BCUT2D eigenvalue weighted by atomic mass is 9.88. The summed E-state index contributed by atoms with van der Waals surface area (Å²) in [7, 11) is 1.82. The Morgan fingerprint density at radius 3 is 2.82 bits per heavy atom. The molecule has 0 saturated heterocycles. The third-order valence-corrected chi connectivity index (χ3v) is 3.86. The average molecular weight is 237 g/mol. The molecule has 1 heterocycles. The van der Waals surface area contributed by atoms with Crippen molar-refractivity contribution in [1.82, 2.24) is 25.5 Å². The summed E-state index contributed by atoms with van der Waals surface area (Å²) in [5.41, 5.74) is 0. The third-order valence-electron chi connectivity index (χ3n) is 3.86. The van der Waals surface area contributed by atoms with Crippen molar-refractivity contribution in [3.63, 3.8) is 0 Å². The second-order valence-electron chi connectivity index (χ2n) is 5.14. The van der Waals surface area contributed by atoms with Crippen LogP contribution in [-0.4, -0.2) is 32.8 Å². The van der Waals surface area contributed by atoms with E-state index in [2.05, 4.69) is 34.6 Å². The summed E-state index contributed by atoms with van der Waals surface area (Å²) in [4.78, 5) is 1.54. The molecule has 0 radical (unpaired) electrons. The fourth-order valence-corrected chi connectivity index (χ4v) is 3.01. The quantitative estimate of drug-likeness (QED) is 0.835. The number of nitrogens with one attached hydrogen (secondary N) is 1. The number of aryl methyl sites for hydroxylation is 1. The standard InChI is InChI=1S/C12H23N5/c1-4-13-11(10-7-5-6-9(10)2)8-12-14-16-17(3)15-12/h9-11,13H,4-8H2,1-3H3. The summed E-state index contributed by atoms with van der Waals surface area (Å²) in [5, 5.41) is 15.9. The molecule has 1 N–H and O–H groups in total. The van der Waals surface area contributed by atoms with Crippen molar-refractivity contribution in [2.75, 3.05) is 6.54 Å². The van der Waals surface area contributed by atoms with Crippen LogP contribution in [0.15, 0.2) is 0 Å². The molecule has 0 aliphatic heterocycles. The van der Waals surface area contributed by atoms with E-state index in [9.17, 15) is 0 Å². The minimum Gasteiger partial charge on any atom is -0.314 e. The predicted octanol–water partition coefficient (Wildman–Crippen LogP) is 1.17. The van der Waals surface area contributed by atoms with Gasteiger partial charge in [-0.25, -0.2) is 0 Å². The molecule has 5 nitrogen and oxygen atoms in total. The van der Waals surface area contributed by atoms with Gasteiger partial charge in [0.15, 0.2) is 5.82 Å². The highest BCUT2D eigenvalue weighted by Crippen LogP contribution is 2.34. The van der Waals surface area contributed by atoms with Gasteiger partial charge in [-0.1, -0.05) is 26.7 Å². The molecule has 1 aromatic rings. The van der Waals surface area contributed by atoms with Crippen molar-refractivity contribution in [1.29, 1.82) is 0 Å². The number of likely N-dealkylation sites (N-methyl/N-ethyl adjacent to an activating group) is 1. The van der Waals surface area contributed by atoms with Crippen LogP contribution < -0.4 is 5.32 Å². The first-order chi connectivity index (χ1) is 8.20. The van der Waals surface area contributed by atoms with Crippen LogP contribution in [0.2, 0.25) is 0 Å². The molecule has 5 heteroatoms. The number of hydrogen-bond acceptors (Lipinski definition) is 4. The Balaban J connectivity index is 2.01. The van der Waals surface area contributed by atoms with Crippen molar-refractivity contribution in [3.8, 4) is 0 Å². The van der Waals surface area contributed by atoms with Gasteiger partial charge in [0, 0.05) is 12.5 Å². The Morgan fingerprint density at radius 1 is 1.47 bits per heavy atom. The molecule has 2 rings (SSSR count). The van der Waals surface area contributed by atoms with Gasteiger partial charge in [-0.3, -0.25) is 0 Å². The minimum atomic E-state index is 0.502. The Kier molecular flexibility index (Phi) is 4.10. The van der Waals surface area contributed by atoms with E-state index in [-0.39, 0.29) is 0 Å². The molecule has 0 spiro atoms. The molecule has 0 amide bonds. The van der Waals surface area contributed by atoms with Gasteiger partial charge in [0.25, 0.3) is 0 Å². The van der Waals surface area contributed by atoms with Gasteiger partial charge in [0.1, 0.15) is 0 Å². The van der Waals surface area contributed by atoms with Gasteiger partial charge in [0.05, 0.1) is 7.05 Å². The molecular weight excluding hydrogens is 214 g/mol. The highest BCUT2D eigenvalue weighted by Gasteiger charge is 2.31. The van der Waals surface area contributed by atoms with Gasteiger partial charge in [-0.15, -0.1) is 10.2 Å². The maximum absolute atomic E-state index is 4.28. The number of tetrazole rings is 1. The largest absolute Gasteiger partial charge is 0.314 e. The van der Waals surface area contributed by atoms with Crippen LogP contribution in [0.1, 0.15) is 38.9 Å². The third kappa shape index (κ3) is 3.03. The monoisotopic (exact) mass is 237 g/mol. The number of aromatic nitrogens is 4. The molecule has 17 heavy (non-hydrogen) atoms. The normalized spacial score (nSPS) is 26.3. The second-order valence-corrected chi connectivity index (χ2v) is 5.14. The fraction of sp³-hybridized carbons (Fsp3) is 0.917. The molecule has 3 unspecified atom stereocenters. The average Bonchev–Trinajstić information content (AvgIpc) is 2.87. The van der Waals surface area contributed by atoms with Crippen LogP contribution in [0.5, 0.6) is 0 Å². The van der Waals surface area contributed by atoms with Gasteiger partial charge in [-0.2, -0.15) is 4.80 Å². The van der Waals surface area contributed by atoms with Crippen LogP contribution >= 0.6 is 0 Å². The van der Waals surface area contributed by atoms with Gasteiger partial charge in [-0.05, 0) is 30.0 Å². The van der Waals surface area contributed by atoms with Gasteiger partial charge >= 0.3 is 0 Å². The van der Waals surface area contributed by atoms with Crippen LogP contribution in [0.25, 0.3) is 0 Å². The number of hydrogen-bond donors (Lipinski definition) is 1. The lowest BCUT2D eigenvalue weighted by molar-refractivity contribution is 0.295. The Hall–Kier alpha value is -0.970. The van der Waals surface area contributed by atoms with Crippen LogP contribution in [0.4, 0.5) is 0 Å².